The van der Waals surface area contributed by atoms with E-state index < -0.39 is 10.0 Å². The van der Waals surface area contributed by atoms with Crippen LogP contribution in [0.15, 0.2) is 96.3 Å². The van der Waals surface area contributed by atoms with Crippen LogP contribution in [0.4, 0.5) is 17.3 Å². The summed E-state index contributed by atoms with van der Waals surface area (Å²) in [6.45, 7) is 0. The number of nitrogens with zero attached hydrogens (tertiary/aromatic N) is 3. The first-order chi connectivity index (χ1) is 14.1. The molecule has 2 N–H and O–H groups in total. The molecule has 0 aliphatic rings. The molecular weight excluding hydrogens is 386 g/mol. The van der Waals surface area contributed by atoms with Gasteiger partial charge in [0, 0.05) is 29.8 Å². The van der Waals surface area contributed by atoms with E-state index in [-0.39, 0.29) is 4.90 Å². The van der Waals surface area contributed by atoms with E-state index in [2.05, 4.69) is 25.0 Å². The van der Waals surface area contributed by atoms with Gasteiger partial charge in [-0.05, 0) is 48.5 Å². The number of aromatic nitrogens is 3. The second kappa shape index (κ2) is 8.07. The van der Waals surface area contributed by atoms with Crippen LogP contribution in [0.25, 0.3) is 11.3 Å². The number of hydrogen-bond donors (Lipinski definition) is 2. The molecule has 2 aromatic heterocycles. The lowest BCUT2D eigenvalue weighted by Gasteiger charge is -2.11. The third-order valence-electron chi connectivity index (χ3n) is 4.06. The largest absolute Gasteiger partial charge is 0.324 e. The highest BCUT2D eigenvalue weighted by atomic mass is 32.2. The quantitative estimate of drug-likeness (QED) is 0.503. The van der Waals surface area contributed by atoms with E-state index in [1.807, 2.05) is 24.3 Å². The molecule has 144 valence electrons. The first-order valence-corrected chi connectivity index (χ1v) is 10.3. The highest BCUT2D eigenvalue weighted by molar-refractivity contribution is 7.92. The summed E-state index contributed by atoms with van der Waals surface area (Å²) in [6, 6.07) is 20.7. The molecule has 0 radical (unpaired) electrons. The average molecular weight is 403 g/mol. The summed E-state index contributed by atoms with van der Waals surface area (Å²) in [5.74, 6) is 0.405. The third-order valence-corrected chi connectivity index (χ3v) is 5.45. The summed E-state index contributed by atoms with van der Waals surface area (Å²) in [5.41, 5.74) is 2.77. The average Bonchev–Trinajstić information content (AvgIpc) is 2.75. The van der Waals surface area contributed by atoms with Crippen molar-refractivity contribution in [2.24, 2.45) is 0 Å². The van der Waals surface area contributed by atoms with Crippen LogP contribution in [-0.2, 0) is 10.0 Å². The van der Waals surface area contributed by atoms with Crippen molar-refractivity contribution in [1.29, 1.82) is 0 Å². The van der Waals surface area contributed by atoms with Gasteiger partial charge in [-0.1, -0.05) is 24.3 Å². The second-order valence-corrected chi connectivity index (χ2v) is 7.81. The molecule has 0 saturated heterocycles. The zero-order valence-electron chi connectivity index (χ0n) is 15.2. The molecule has 2 heterocycles. The maximum atomic E-state index is 12.5. The van der Waals surface area contributed by atoms with Gasteiger partial charge in [-0.15, -0.1) is 0 Å². The van der Waals surface area contributed by atoms with Gasteiger partial charge in [0.2, 0.25) is 5.95 Å². The highest BCUT2D eigenvalue weighted by Crippen LogP contribution is 2.22. The maximum Gasteiger partial charge on any atom is 0.261 e. The Kier molecular flexibility index (Phi) is 5.17. The Balaban J connectivity index is 1.54. The molecule has 7 nitrogen and oxygen atoms in total. The molecule has 0 fully saturated rings. The summed E-state index contributed by atoms with van der Waals surface area (Å²) in [7, 11) is -3.66. The Bertz CT molecular complexity index is 1220. The van der Waals surface area contributed by atoms with Crippen LogP contribution < -0.4 is 10.0 Å². The van der Waals surface area contributed by atoms with Gasteiger partial charge in [0.15, 0.2) is 0 Å². The van der Waals surface area contributed by atoms with Crippen molar-refractivity contribution in [3.8, 4) is 11.3 Å². The number of nitrogens with one attached hydrogen (secondary N) is 2. The molecule has 0 saturated carbocycles. The maximum absolute atomic E-state index is 12.5. The van der Waals surface area contributed by atoms with Crippen molar-refractivity contribution in [1.82, 2.24) is 15.0 Å². The summed E-state index contributed by atoms with van der Waals surface area (Å²) in [6.07, 6.45) is 5.06. The Hall–Kier alpha value is -3.78. The van der Waals surface area contributed by atoms with Crippen LogP contribution in [0.2, 0.25) is 0 Å². The van der Waals surface area contributed by atoms with Crippen molar-refractivity contribution in [2.75, 3.05) is 10.0 Å². The Labute approximate surface area is 168 Å². The van der Waals surface area contributed by atoms with Gasteiger partial charge >= 0.3 is 0 Å². The lowest BCUT2D eigenvalue weighted by Crippen LogP contribution is -2.12. The third kappa shape index (κ3) is 4.56. The van der Waals surface area contributed by atoms with E-state index in [4.69, 9.17) is 0 Å². The van der Waals surface area contributed by atoms with Crippen molar-refractivity contribution in [3.63, 3.8) is 0 Å². The molecule has 0 spiro atoms. The van der Waals surface area contributed by atoms with Crippen molar-refractivity contribution in [2.45, 2.75) is 4.90 Å². The van der Waals surface area contributed by atoms with Gasteiger partial charge in [0.05, 0.1) is 16.3 Å². The van der Waals surface area contributed by atoms with Crippen LogP contribution in [-0.4, -0.2) is 23.4 Å². The lowest BCUT2D eigenvalue weighted by atomic mass is 10.2. The molecule has 4 rings (SSSR count). The number of anilines is 3. The van der Waals surface area contributed by atoms with Gasteiger partial charge in [-0.3, -0.25) is 9.71 Å². The van der Waals surface area contributed by atoms with E-state index in [9.17, 15) is 8.42 Å². The first-order valence-electron chi connectivity index (χ1n) is 8.79. The molecule has 8 heteroatoms. The molecule has 0 atom stereocenters. The van der Waals surface area contributed by atoms with Crippen LogP contribution in [0.5, 0.6) is 0 Å². The minimum Gasteiger partial charge on any atom is -0.324 e. The fourth-order valence-corrected chi connectivity index (χ4v) is 3.78. The monoisotopic (exact) mass is 403 g/mol. The van der Waals surface area contributed by atoms with Gasteiger partial charge in [-0.25, -0.2) is 18.4 Å². The minimum absolute atomic E-state index is 0.201. The van der Waals surface area contributed by atoms with Crippen molar-refractivity contribution in [3.05, 3.63) is 91.4 Å². The zero-order valence-corrected chi connectivity index (χ0v) is 16.0. The van der Waals surface area contributed by atoms with Crippen LogP contribution in [0.3, 0.4) is 0 Å². The van der Waals surface area contributed by atoms with Crippen molar-refractivity contribution < 1.29 is 8.42 Å². The molecule has 0 bridgehead atoms. The number of sulfonamides is 1. The fraction of sp³-hybridized carbons (Fsp3) is 0. The van der Waals surface area contributed by atoms with E-state index in [0.717, 1.165) is 11.3 Å². The van der Waals surface area contributed by atoms with E-state index in [1.54, 1.807) is 67.1 Å². The lowest BCUT2D eigenvalue weighted by molar-refractivity contribution is 0.601. The molecule has 0 aliphatic heterocycles. The Morgan fingerprint density at radius 1 is 0.759 bits per heavy atom. The molecule has 0 aliphatic carbocycles. The predicted octanol–water partition coefficient (Wildman–Crippen LogP) is 4.08. The molecule has 4 aromatic rings. The molecule has 2 aromatic carbocycles. The normalized spacial score (nSPS) is 11.0. The molecule has 0 unspecified atom stereocenters. The Morgan fingerprint density at radius 3 is 2.31 bits per heavy atom. The summed E-state index contributed by atoms with van der Waals surface area (Å²) < 4.78 is 27.6. The first kappa shape index (κ1) is 18.6. The summed E-state index contributed by atoms with van der Waals surface area (Å²) >= 11 is 0. The van der Waals surface area contributed by atoms with Gasteiger partial charge < -0.3 is 5.32 Å². The van der Waals surface area contributed by atoms with Gasteiger partial charge in [0.1, 0.15) is 0 Å². The van der Waals surface area contributed by atoms with E-state index in [1.165, 1.54) is 0 Å². The second-order valence-electron chi connectivity index (χ2n) is 6.13. The molecule has 29 heavy (non-hydrogen) atoms. The molecular formula is C21H17N5O2S. The number of pyridine rings is 1. The SMILES string of the molecule is O=S(=O)(Nc1cccc(Nc2nccc(-c3ccncc3)n2)c1)c1ccccc1. The smallest absolute Gasteiger partial charge is 0.261 e. The van der Waals surface area contributed by atoms with Gasteiger partial charge in [0.25, 0.3) is 10.0 Å². The van der Waals surface area contributed by atoms with Crippen LogP contribution in [0.1, 0.15) is 0 Å². The van der Waals surface area contributed by atoms with E-state index in [0.29, 0.717) is 17.3 Å². The summed E-state index contributed by atoms with van der Waals surface area (Å²) in [4.78, 5) is 12.9. The highest BCUT2D eigenvalue weighted by Gasteiger charge is 2.13. The number of benzene rings is 2. The minimum atomic E-state index is -3.66. The number of hydrogen-bond acceptors (Lipinski definition) is 6. The van der Waals surface area contributed by atoms with Crippen LogP contribution >= 0.6 is 0 Å². The van der Waals surface area contributed by atoms with Crippen molar-refractivity contribution >= 4 is 27.3 Å². The topological polar surface area (TPSA) is 96.9 Å². The predicted molar refractivity (Wildman–Crippen MR) is 112 cm³/mol. The Morgan fingerprint density at radius 2 is 1.52 bits per heavy atom. The zero-order chi connectivity index (χ0) is 20.1. The molecule has 0 amide bonds. The van der Waals surface area contributed by atoms with E-state index >= 15 is 0 Å². The standard InChI is InChI=1S/C21H17N5O2S/c27-29(28,19-7-2-1-3-8-19)26-18-6-4-5-17(15-18)24-21-23-14-11-20(25-21)16-9-12-22-13-10-16/h1-15,26H,(H,23,24,25). The van der Waals surface area contributed by atoms with Crippen LogP contribution in [0, 0.1) is 0 Å². The fourth-order valence-electron chi connectivity index (χ4n) is 2.71. The summed E-state index contributed by atoms with van der Waals surface area (Å²) in [5, 5.41) is 3.11. The number of rotatable bonds is 6. The van der Waals surface area contributed by atoms with Gasteiger partial charge in [-0.2, -0.15) is 0 Å².